The molecule has 1 aromatic carbocycles. The molecule has 2 N–H and O–H groups in total. The number of hydrogen-bond donors (Lipinski definition) is 2. The van der Waals surface area contributed by atoms with Gasteiger partial charge in [0.25, 0.3) is 11.8 Å². The first kappa shape index (κ1) is 17.5. The van der Waals surface area contributed by atoms with Crippen LogP contribution in [-0.2, 0) is 16.1 Å². The highest BCUT2D eigenvalue weighted by Gasteiger charge is 2.44. The summed E-state index contributed by atoms with van der Waals surface area (Å²) in [6.45, 7) is 3.83. The number of carbonyl (C=O) groups is 4. The molecule has 4 amide bonds. The van der Waals surface area contributed by atoms with Gasteiger partial charge in [0.1, 0.15) is 6.04 Å². The van der Waals surface area contributed by atoms with Crippen molar-refractivity contribution in [3.8, 4) is 0 Å². The highest BCUT2D eigenvalue weighted by atomic mass is 16.2. The molecule has 2 bridgehead atoms. The minimum absolute atomic E-state index is 0.125. The van der Waals surface area contributed by atoms with Crippen LogP contribution in [0.1, 0.15) is 45.5 Å². The number of nitrogens with zero attached hydrogens (tertiary/aromatic N) is 2. The van der Waals surface area contributed by atoms with Crippen molar-refractivity contribution in [1.82, 2.24) is 20.4 Å². The lowest BCUT2D eigenvalue weighted by Crippen LogP contribution is -2.54. The number of carbonyl (C=O) groups excluding carboxylic acids is 4. The lowest BCUT2D eigenvalue weighted by molar-refractivity contribution is -0.136. The quantitative estimate of drug-likeness (QED) is 0.708. The van der Waals surface area contributed by atoms with Crippen molar-refractivity contribution in [2.75, 3.05) is 19.6 Å². The average Bonchev–Trinajstić information content (AvgIpc) is 3.12. The Kier molecular flexibility index (Phi) is 4.06. The second-order valence-electron chi connectivity index (χ2n) is 8.23. The molecule has 0 radical (unpaired) electrons. The van der Waals surface area contributed by atoms with E-state index in [1.807, 2.05) is 6.07 Å². The number of fused-ring (bicyclic) bond motifs is 3. The topological polar surface area (TPSA) is 98.8 Å². The van der Waals surface area contributed by atoms with E-state index in [4.69, 9.17) is 0 Å². The second-order valence-corrected chi connectivity index (χ2v) is 8.23. The fraction of sp³-hybridized carbons (Fsp3) is 0.500. The molecule has 0 spiro atoms. The van der Waals surface area contributed by atoms with Gasteiger partial charge in [0.2, 0.25) is 11.8 Å². The Labute approximate surface area is 162 Å². The number of hydrogen-bond acceptors (Lipinski definition) is 6. The van der Waals surface area contributed by atoms with Gasteiger partial charge in [-0.1, -0.05) is 6.07 Å². The van der Waals surface area contributed by atoms with Gasteiger partial charge in [-0.15, -0.1) is 0 Å². The summed E-state index contributed by atoms with van der Waals surface area (Å²) in [6, 6.07) is 4.98. The highest BCUT2D eigenvalue weighted by Crippen LogP contribution is 2.29. The van der Waals surface area contributed by atoms with Gasteiger partial charge in [-0.2, -0.15) is 0 Å². The van der Waals surface area contributed by atoms with Gasteiger partial charge in [-0.25, -0.2) is 0 Å². The molecule has 8 nitrogen and oxygen atoms in total. The zero-order chi connectivity index (χ0) is 19.4. The van der Waals surface area contributed by atoms with Gasteiger partial charge < -0.3 is 5.32 Å². The third-order valence-electron chi connectivity index (χ3n) is 6.22. The van der Waals surface area contributed by atoms with E-state index >= 15 is 0 Å². The Morgan fingerprint density at radius 2 is 1.86 bits per heavy atom. The molecule has 0 saturated carbocycles. The summed E-state index contributed by atoms with van der Waals surface area (Å²) in [6.07, 6.45) is 1.53. The first-order chi connectivity index (χ1) is 13.5. The van der Waals surface area contributed by atoms with Crippen molar-refractivity contribution >= 4 is 23.6 Å². The number of likely N-dealkylation sites (tertiary alicyclic amines) is 1. The first-order valence-corrected chi connectivity index (χ1v) is 9.80. The average molecular weight is 382 g/mol. The van der Waals surface area contributed by atoms with Crippen molar-refractivity contribution in [2.24, 2.45) is 5.92 Å². The molecule has 0 aliphatic carbocycles. The Morgan fingerprint density at radius 3 is 2.64 bits per heavy atom. The van der Waals surface area contributed by atoms with E-state index in [-0.39, 0.29) is 18.7 Å². The summed E-state index contributed by atoms with van der Waals surface area (Å²) in [5, 5.41) is 5.75. The summed E-state index contributed by atoms with van der Waals surface area (Å²) >= 11 is 0. The van der Waals surface area contributed by atoms with Crippen LogP contribution in [0.15, 0.2) is 18.2 Å². The minimum Gasteiger partial charge on any atom is -0.312 e. The van der Waals surface area contributed by atoms with Crippen LogP contribution in [0.2, 0.25) is 0 Å². The fourth-order valence-corrected chi connectivity index (χ4v) is 4.94. The zero-order valence-corrected chi connectivity index (χ0v) is 15.4. The first-order valence-electron chi connectivity index (χ1n) is 9.80. The number of benzene rings is 1. The highest BCUT2D eigenvalue weighted by molar-refractivity contribution is 6.23. The molecule has 4 aliphatic rings. The van der Waals surface area contributed by atoms with Crippen LogP contribution in [0.3, 0.4) is 0 Å². The summed E-state index contributed by atoms with van der Waals surface area (Å²) in [7, 11) is 0. The number of imide groups is 2. The minimum atomic E-state index is -0.919. The van der Waals surface area contributed by atoms with Gasteiger partial charge in [-0.05, 0) is 43.0 Å². The molecule has 4 aliphatic heterocycles. The number of rotatable bonds is 3. The van der Waals surface area contributed by atoms with Gasteiger partial charge >= 0.3 is 0 Å². The van der Waals surface area contributed by atoms with Gasteiger partial charge in [0.15, 0.2) is 0 Å². The van der Waals surface area contributed by atoms with Crippen LogP contribution in [0.25, 0.3) is 0 Å². The molecule has 0 aromatic heterocycles. The standard InChI is InChI=1S/C20H22N4O4/c25-17-4-3-16(18(26)22-17)24-19(27)14-2-1-11(6-15(14)20(24)28)8-23-9-12-5-13(10-23)21-7-12/h1-2,6,12-13,16,21H,3-5,7-10H2,(H,22,25,26). The molecule has 146 valence electrons. The van der Waals surface area contributed by atoms with Gasteiger partial charge in [-0.3, -0.25) is 34.3 Å². The Hall–Kier alpha value is -2.58. The molecule has 28 heavy (non-hydrogen) atoms. The predicted molar refractivity (Wildman–Crippen MR) is 98.3 cm³/mol. The predicted octanol–water partition coefficient (Wildman–Crippen LogP) is -0.118. The van der Waals surface area contributed by atoms with Crippen molar-refractivity contribution in [3.05, 3.63) is 34.9 Å². The molecule has 4 heterocycles. The molecule has 3 fully saturated rings. The molecular weight excluding hydrogens is 360 g/mol. The van der Waals surface area contributed by atoms with E-state index in [1.165, 1.54) is 6.42 Å². The number of nitrogens with one attached hydrogen (secondary N) is 2. The van der Waals surface area contributed by atoms with Crippen molar-refractivity contribution in [2.45, 2.75) is 37.9 Å². The second kappa shape index (κ2) is 6.49. The Morgan fingerprint density at radius 1 is 1.04 bits per heavy atom. The number of piperidine rings is 2. The van der Waals surface area contributed by atoms with Crippen LogP contribution in [0.5, 0.6) is 0 Å². The van der Waals surface area contributed by atoms with E-state index in [1.54, 1.807) is 12.1 Å². The SMILES string of the molecule is O=C1CCC(N2C(=O)c3ccc(CN4CC5CNC(C5)C4)cc3C2=O)C(=O)N1. The Balaban J connectivity index is 1.36. The van der Waals surface area contributed by atoms with E-state index in [0.717, 1.165) is 36.6 Å². The van der Waals surface area contributed by atoms with Crippen molar-refractivity contribution in [1.29, 1.82) is 0 Å². The summed E-state index contributed by atoms with van der Waals surface area (Å²) in [5.41, 5.74) is 1.68. The van der Waals surface area contributed by atoms with E-state index in [9.17, 15) is 19.2 Å². The monoisotopic (exact) mass is 382 g/mol. The third kappa shape index (κ3) is 2.84. The van der Waals surface area contributed by atoms with Crippen molar-refractivity contribution in [3.63, 3.8) is 0 Å². The smallest absolute Gasteiger partial charge is 0.262 e. The zero-order valence-electron chi connectivity index (χ0n) is 15.4. The lowest BCUT2D eigenvalue weighted by atomic mass is 9.99. The van der Waals surface area contributed by atoms with E-state index in [2.05, 4.69) is 15.5 Å². The molecule has 8 heteroatoms. The van der Waals surface area contributed by atoms with Gasteiger partial charge in [0.05, 0.1) is 11.1 Å². The summed E-state index contributed by atoms with van der Waals surface area (Å²) in [5.74, 6) is -1.18. The molecule has 5 rings (SSSR count). The summed E-state index contributed by atoms with van der Waals surface area (Å²) in [4.78, 5) is 52.6. The van der Waals surface area contributed by atoms with Crippen molar-refractivity contribution < 1.29 is 19.2 Å². The largest absolute Gasteiger partial charge is 0.312 e. The maximum Gasteiger partial charge on any atom is 0.262 e. The van der Waals surface area contributed by atoms with Crippen LogP contribution >= 0.6 is 0 Å². The Bertz CT molecular complexity index is 886. The normalized spacial score (nSPS) is 30.0. The van der Waals surface area contributed by atoms with Crippen LogP contribution < -0.4 is 10.6 Å². The van der Waals surface area contributed by atoms with Gasteiger partial charge in [0, 0.05) is 32.1 Å². The van der Waals surface area contributed by atoms with Crippen LogP contribution in [-0.4, -0.2) is 65.1 Å². The lowest BCUT2D eigenvalue weighted by Gasteiger charge is -2.31. The fourth-order valence-electron chi connectivity index (χ4n) is 4.94. The maximum absolute atomic E-state index is 12.9. The molecule has 3 saturated heterocycles. The molecule has 3 unspecified atom stereocenters. The molecular formula is C20H22N4O4. The van der Waals surface area contributed by atoms with E-state index in [0.29, 0.717) is 23.1 Å². The molecule has 1 aromatic rings. The third-order valence-corrected chi connectivity index (χ3v) is 6.22. The number of amides is 4. The summed E-state index contributed by atoms with van der Waals surface area (Å²) < 4.78 is 0. The van der Waals surface area contributed by atoms with Crippen LogP contribution in [0.4, 0.5) is 0 Å². The maximum atomic E-state index is 12.9. The molecule has 3 atom stereocenters. The van der Waals surface area contributed by atoms with Crippen LogP contribution in [0, 0.1) is 5.92 Å². The van der Waals surface area contributed by atoms with E-state index < -0.39 is 23.8 Å².